The lowest BCUT2D eigenvalue weighted by atomic mass is 9.86. The van der Waals surface area contributed by atoms with Gasteiger partial charge in [-0.05, 0) is 78.9 Å². The van der Waals surface area contributed by atoms with Gasteiger partial charge >= 0.3 is 5.97 Å². The summed E-state index contributed by atoms with van der Waals surface area (Å²) in [5.41, 5.74) is 4.30. The molecule has 0 aliphatic heterocycles. The van der Waals surface area contributed by atoms with E-state index in [2.05, 4.69) is 0 Å². The Hall–Kier alpha value is -4.19. The lowest BCUT2D eigenvalue weighted by Gasteiger charge is -2.22. The zero-order valence-electron chi connectivity index (χ0n) is 18.7. The molecular weight excluding hydrogens is 430 g/mol. The number of carbonyl (C=O) groups is 2. The van der Waals surface area contributed by atoms with Crippen LogP contribution in [0.5, 0.6) is 5.75 Å². The molecular formula is C28H23NO5. The third-order valence-corrected chi connectivity index (χ3v) is 5.98. The summed E-state index contributed by atoms with van der Waals surface area (Å²) in [6, 6.07) is 18.0. The number of nitrogens with zero attached hydrogens (tertiary/aromatic N) is 1. The van der Waals surface area contributed by atoms with Crippen molar-refractivity contribution in [2.24, 2.45) is 0 Å². The first kappa shape index (κ1) is 21.6. The number of benzene rings is 2. The molecule has 0 N–H and O–H groups in total. The molecule has 5 rings (SSSR count). The smallest absolute Gasteiger partial charge is 0.339 e. The summed E-state index contributed by atoms with van der Waals surface area (Å²) < 4.78 is 16.2. The molecule has 34 heavy (non-hydrogen) atoms. The maximum atomic E-state index is 13.3. The number of allylic oxidation sites excluding steroid dienone is 1. The SMILES string of the molecule is COc1ccc(C(=O)COC(=O)c2c3c(nc4ccccc24)/C(=C\c2ccco2)CCC3)cc1. The largest absolute Gasteiger partial charge is 0.497 e. The van der Waals surface area contributed by atoms with E-state index in [4.69, 9.17) is 18.9 Å². The topological polar surface area (TPSA) is 78.6 Å². The maximum absolute atomic E-state index is 13.3. The van der Waals surface area contributed by atoms with Crippen molar-refractivity contribution in [1.82, 2.24) is 4.98 Å². The van der Waals surface area contributed by atoms with E-state index in [-0.39, 0.29) is 12.4 Å². The van der Waals surface area contributed by atoms with E-state index in [0.717, 1.165) is 40.8 Å². The number of Topliss-reactive ketones (excluding diaryl/α,β-unsaturated/α-hetero) is 1. The van der Waals surface area contributed by atoms with Gasteiger partial charge in [0.15, 0.2) is 12.4 Å². The molecule has 4 aromatic rings. The zero-order valence-corrected chi connectivity index (χ0v) is 18.7. The van der Waals surface area contributed by atoms with Crippen LogP contribution in [-0.4, -0.2) is 30.5 Å². The van der Waals surface area contributed by atoms with Crippen molar-refractivity contribution >= 4 is 34.3 Å². The lowest BCUT2D eigenvalue weighted by Crippen LogP contribution is -2.18. The lowest BCUT2D eigenvalue weighted by molar-refractivity contribution is 0.0475. The third-order valence-electron chi connectivity index (χ3n) is 5.98. The average molecular weight is 453 g/mol. The van der Waals surface area contributed by atoms with Crippen LogP contribution in [0.15, 0.2) is 71.3 Å². The van der Waals surface area contributed by atoms with Gasteiger partial charge in [0.1, 0.15) is 11.5 Å². The van der Waals surface area contributed by atoms with Gasteiger partial charge in [-0.3, -0.25) is 4.79 Å². The monoisotopic (exact) mass is 453 g/mol. The van der Waals surface area contributed by atoms with Crippen LogP contribution in [-0.2, 0) is 11.2 Å². The molecule has 2 aromatic carbocycles. The van der Waals surface area contributed by atoms with Crippen LogP contribution in [0, 0.1) is 0 Å². The number of esters is 1. The summed E-state index contributed by atoms with van der Waals surface area (Å²) in [6.45, 7) is -0.342. The number of hydrogen-bond donors (Lipinski definition) is 0. The van der Waals surface area contributed by atoms with Crippen molar-refractivity contribution in [2.75, 3.05) is 13.7 Å². The van der Waals surface area contributed by atoms with E-state index >= 15 is 0 Å². The number of para-hydroxylation sites is 1. The Morgan fingerprint density at radius 3 is 2.62 bits per heavy atom. The number of ketones is 1. The average Bonchev–Trinajstić information content (AvgIpc) is 3.39. The number of methoxy groups -OCH3 is 1. The first-order chi connectivity index (χ1) is 16.6. The second kappa shape index (κ2) is 9.35. The highest BCUT2D eigenvalue weighted by Gasteiger charge is 2.26. The molecule has 6 heteroatoms. The number of fused-ring (bicyclic) bond motifs is 2. The van der Waals surface area contributed by atoms with Gasteiger partial charge in [0.05, 0.1) is 30.1 Å². The van der Waals surface area contributed by atoms with Crippen molar-refractivity contribution < 1.29 is 23.5 Å². The maximum Gasteiger partial charge on any atom is 0.339 e. The van der Waals surface area contributed by atoms with Gasteiger partial charge in [0, 0.05) is 10.9 Å². The minimum absolute atomic E-state index is 0.276. The number of carbonyl (C=O) groups excluding carboxylic acids is 2. The van der Waals surface area contributed by atoms with Crippen LogP contribution in [0.3, 0.4) is 0 Å². The van der Waals surface area contributed by atoms with Crippen LogP contribution < -0.4 is 4.74 Å². The van der Waals surface area contributed by atoms with Crippen LogP contribution in [0.2, 0.25) is 0 Å². The Morgan fingerprint density at radius 1 is 1.03 bits per heavy atom. The molecule has 0 amide bonds. The summed E-state index contributed by atoms with van der Waals surface area (Å²) in [5, 5.41) is 0.724. The Kier molecular flexibility index (Phi) is 5.95. The summed E-state index contributed by atoms with van der Waals surface area (Å²) >= 11 is 0. The number of hydrogen-bond acceptors (Lipinski definition) is 6. The molecule has 0 bridgehead atoms. The van der Waals surface area contributed by atoms with E-state index in [1.165, 1.54) is 0 Å². The highest BCUT2D eigenvalue weighted by Crippen LogP contribution is 2.36. The Labute approximate surface area is 196 Å². The van der Waals surface area contributed by atoms with Crippen LogP contribution >= 0.6 is 0 Å². The van der Waals surface area contributed by atoms with Crippen molar-refractivity contribution in [1.29, 1.82) is 0 Å². The molecule has 0 saturated heterocycles. The predicted octanol–water partition coefficient (Wildman–Crippen LogP) is 5.75. The van der Waals surface area contributed by atoms with Crippen molar-refractivity contribution in [3.63, 3.8) is 0 Å². The molecule has 170 valence electrons. The Balaban J connectivity index is 1.48. The number of aromatic nitrogens is 1. The number of pyridine rings is 1. The molecule has 2 heterocycles. The van der Waals surface area contributed by atoms with Crippen LogP contribution in [0.4, 0.5) is 0 Å². The van der Waals surface area contributed by atoms with Gasteiger partial charge in [-0.25, -0.2) is 9.78 Å². The molecule has 6 nitrogen and oxygen atoms in total. The minimum atomic E-state index is -0.518. The van der Waals surface area contributed by atoms with E-state index in [1.54, 1.807) is 37.6 Å². The summed E-state index contributed by atoms with van der Waals surface area (Å²) in [4.78, 5) is 30.8. The molecule has 0 saturated carbocycles. The predicted molar refractivity (Wildman–Crippen MR) is 129 cm³/mol. The highest BCUT2D eigenvalue weighted by molar-refractivity contribution is 6.07. The van der Waals surface area contributed by atoms with Crippen molar-refractivity contribution in [2.45, 2.75) is 19.3 Å². The number of rotatable bonds is 6. The summed E-state index contributed by atoms with van der Waals surface area (Å²) in [6.07, 6.45) is 6.03. The van der Waals surface area contributed by atoms with Gasteiger partial charge in [-0.15, -0.1) is 0 Å². The summed E-state index contributed by atoms with van der Waals surface area (Å²) in [5.74, 6) is 0.603. The second-order valence-electron chi connectivity index (χ2n) is 8.10. The number of furan rings is 1. The van der Waals surface area contributed by atoms with E-state index in [1.807, 2.05) is 42.5 Å². The van der Waals surface area contributed by atoms with Gasteiger partial charge < -0.3 is 13.9 Å². The first-order valence-electron chi connectivity index (χ1n) is 11.1. The molecule has 2 aromatic heterocycles. The molecule has 0 spiro atoms. The fraction of sp³-hybridized carbons (Fsp3) is 0.179. The first-order valence-corrected chi connectivity index (χ1v) is 11.1. The van der Waals surface area contributed by atoms with Crippen LogP contribution in [0.25, 0.3) is 22.6 Å². The zero-order chi connectivity index (χ0) is 23.5. The van der Waals surface area contributed by atoms with Crippen molar-refractivity contribution in [3.05, 3.63) is 95.1 Å². The standard InChI is InChI=1S/C28H23NO5/c1-32-20-13-11-18(12-14-20)25(30)17-34-28(31)26-22-8-2-3-10-24(22)29-27-19(6-4-9-23(26)27)16-21-7-5-15-33-21/h2-3,5,7-8,10-16H,4,6,9,17H2,1H3/b19-16-. The third kappa shape index (κ3) is 4.22. The fourth-order valence-electron chi connectivity index (χ4n) is 4.32. The molecule has 0 fully saturated rings. The highest BCUT2D eigenvalue weighted by atomic mass is 16.5. The van der Waals surface area contributed by atoms with Crippen molar-refractivity contribution in [3.8, 4) is 5.75 Å². The van der Waals surface area contributed by atoms with Gasteiger partial charge in [-0.1, -0.05) is 18.2 Å². The van der Waals surface area contributed by atoms with E-state index < -0.39 is 5.97 Å². The molecule has 0 radical (unpaired) electrons. The fourth-order valence-corrected chi connectivity index (χ4v) is 4.32. The van der Waals surface area contributed by atoms with Crippen LogP contribution in [0.1, 0.15) is 50.6 Å². The number of ether oxygens (including phenoxy) is 2. The van der Waals surface area contributed by atoms with Gasteiger partial charge in [-0.2, -0.15) is 0 Å². The molecule has 1 aliphatic carbocycles. The van der Waals surface area contributed by atoms with E-state index in [0.29, 0.717) is 28.8 Å². The quantitative estimate of drug-likeness (QED) is 0.273. The van der Waals surface area contributed by atoms with Gasteiger partial charge in [0.2, 0.25) is 0 Å². The minimum Gasteiger partial charge on any atom is -0.497 e. The summed E-state index contributed by atoms with van der Waals surface area (Å²) in [7, 11) is 1.56. The van der Waals surface area contributed by atoms with Gasteiger partial charge in [0.25, 0.3) is 0 Å². The second-order valence-corrected chi connectivity index (χ2v) is 8.10. The normalized spacial score (nSPS) is 14.1. The Bertz CT molecular complexity index is 1380. The Morgan fingerprint density at radius 2 is 1.85 bits per heavy atom. The molecule has 0 unspecified atom stereocenters. The molecule has 0 atom stereocenters. The van der Waals surface area contributed by atoms with E-state index in [9.17, 15) is 9.59 Å². The molecule has 1 aliphatic rings.